The zero-order chi connectivity index (χ0) is 21.3. The third-order valence-corrected chi connectivity index (χ3v) is 4.88. The van der Waals surface area contributed by atoms with E-state index in [-0.39, 0.29) is 0 Å². The lowest BCUT2D eigenvalue weighted by molar-refractivity contribution is 0.340. The Morgan fingerprint density at radius 2 is 1.68 bits per heavy atom. The highest BCUT2D eigenvalue weighted by atomic mass is 16.5. The Bertz CT molecular complexity index is 1000. The van der Waals surface area contributed by atoms with E-state index in [1.54, 1.807) is 6.21 Å². The van der Waals surface area contributed by atoms with Crippen LogP contribution in [0.15, 0.2) is 59.7 Å². The van der Waals surface area contributed by atoms with Gasteiger partial charge < -0.3 is 15.0 Å². The van der Waals surface area contributed by atoms with E-state index in [0.717, 1.165) is 42.9 Å². The second kappa shape index (κ2) is 10.4. The van der Waals surface area contributed by atoms with E-state index in [1.165, 1.54) is 6.42 Å². The lowest BCUT2D eigenvalue weighted by atomic mass is 10.1. The van der Waals surface area contributed by atoms with Gasteiger partial charge in [-0.3, -0.25) is 0 Å². The summed E-state index contributed by atoms with van der Waals surface area (Å²) in [5, 5.41) is 7.59. The number of rotatable bonds is 8. The maximum absolute atomic E-state index is 5.65. The largest absolute Gasteiger partial charge is 0.493 e. The minimum absolute atomic E-state index is 0.388. The van der Waals surface area contributed by atoms with Gasteiger partial charge in [0.1, 0.15) is 5.75 Å². The first-order valence-electron chi connectivity index (χ1n) is 10.7. The highest BCUT2D eigenvalue weighted by molar-refractivity contribution is 5.83. The molecule has 1 aliphatic heterocycles. The first-order chi connectivity index (χ1) is 15.3. The average molecular weight is 418 g/mol. The lowest BCUT2D eigenvalue weighted by Gasteiger charge is -2.26. The monoisotopic (exact) mass is 417 g/mol. The molecule has 8 heteroatoms. The fourth-order valence-electron chi connectivity index (χ4n) is 3.39. The van der Waals surface area contributed by atoms with Crippen LogP contribution in [0.5, 0.6) is 5.75 Å². The Hall–Kier alpha value is -3.68. The molecule has 2 heterocycles. The molecule has 0 atom stereocenters. The van der Waals surface area contributed by atoms with Crippen LogP contribution in [0.2, 0.25) is 0 Å². The quantitative estimate of drug-likeness (QED) is 0.413. The van der Waals surface area contributed by atoms with E-state index < -0.39 is 0 Å². The summed E-state index contributed by atoms with van der Waals surface area (Å²) in [6.07, 6.45) is 5.23. The van der Waals surface area contributed by atoms with Crippen molar-refractivity contribution in [3.8, 4) is 5.75 Å². The fourth-order valence-corrected chi connectivity index (χ4v) is 3.39. The highest BCUT2D eigenvalue weighted by Crippen LogP contribution is 2.21. The summed E-state index contributed by atoms with van der Waals surface area (Å²) in [5.41, 5.74) is 4.75. The summed E-state index contributed by atoms with van der Waals surface area (Å²) >= 11 is 0. The number of benzene rings is 2. The number of ether oxygens (including phenoxy) is 1. The summed E-state index contributed by atoms with van der Waals surface area (Å²) < 4.78 is 5.65. The summed E-state index contributed by atoms with van der Waals surface area (Å²) in [7, 11) is 0. The molecule has 1 saturated heterocycles. The second-order valence-electron chi connectivity index (χ2n) is 7.16. The predicted octanol–water partition coefficient (Wildman–Crippen LogP) is 4.45. The number of hydrogen-bond donors (Lipinski definition) is 2. The van der Waals surface area contributed by atoms with E-state index in [2.05, 4.69) is 35.7 Å². The molecule has 0 bridgehead atoms. The molecular formula is C23H27N7O. The van der Waals surface area contributed by atoms with E-state index in [1.807, 2.05) is 61.5 Å². The Morgan fingerprint density at radius 1 is 0.935 bits per heavy atom. The van der Waals surface area contributed by atoms with E-state index in [0.29, 0.717) is 24.5 Å². The van der Waals surface area contributed by atoms with Crippen molar-refractivity contribution in [1.29, 1.82) is 0 Å². The van der Waals surface area contributed by atoms with Gasteiger partial charge in [0.05, 0.1) is 12.8 Å². The van der Waals surface area contributed by atoms with Crippen LogP contribution in [0, 0.1) is 0 Å². The van der Waals surface area contributed by atoms with E-state index in [9.17, 15) is 0 Å². The Balaban J connectivity index is 1.56. The van der Waals surface area contributed by atoms with Crippen LogP contribution in [-0.2, 0) is 0 Å². The molecule has 0 amide bonds. The first kappa shape index (κ1) is 20.6. The Morgan fingerprint density at radius 3 is 2.48 bits per heavy atom. The average Bonchev–Trinajstić information content (AvgIpc) is 2.81. The van der Waals surface area contributed by atoms with E-state index >= 15 is 0 Å². The van der Waals surface area contributed by atoms with Gasteiger partial charge in [-0.1, -0.05) is 30.3 Å². The number of anilines is 4. The van der Waals surface area contributed by atoms with Crippen LogP contribution in [-0.4, -0.2) is 40.9 Å². The number of nitrogens with one attached hydrogen (secondary N) is 2. The van der Waals surface area contributed by atoms with Gasteiger partial charge >= 0.3 is 0 Å². The Labute approximate surface area is 182 Å². The molecule has 2 N–H and O–H groups in total. The molecule has 0 radical (unpaired) electrons. The number of piperidine rings is 1. The van der Waals surface area contributed by atoms with Crippen molar-refractivity contribution in [1.82, 2.24) is 15.0 Å². The summed E-state index contributed by atoms with van der Waals surface area (Å²) in [4.78, 5) is 15.9. The molecule has 0 saturated carbocycles. The number of para-hydroxylation sites is 2. The molecule has 160 valence electrons. The van der Waals surface area contributed by atoms with Gasteiger partial charge in [-0.15, -0.1) is 0 Å². The van der Waals surface area contributed by atoms with Crippen molar-refractivity contribution >= 4 is 29.7 Å². The van der Waals surface area contributed by atoms with Crippen LogP contribution in [0.25, 0.3) is 0 Å². The minimum Gasteiger partial charge on any atom is -0.493 e. The maximum atomic E-state index is 5.65. The first-order valence-corrected chi connectivity index (χ1v) is 10.7. The predicted molar refractivity (Wildman–Crippen MR) is 124 cm³/mol. The molecule has 1 aromatic heterocycles. The van der Waals surface area contributed by atoms with Gasteiger partial charge in [-0.05, 0) is 50.5 Å². The number of aromatic nitrogens is 3. The standard InChI is InChI=1S/C23H27N7O/c1-2-31-20-14-8-7-11-18(20)17-24-29-22-26-21(25-19-12-5-3-6-13-19)27-23(28-22)30-15-9-4-10-16-30/h3,5-8,11-14,17H,2,4,9-10,15-16H2,1H3,(H2,25,26,27,28,29). The van der Waals surface area contributed by atoms with Crippen molar-refractivity contribution < 1.29 is 4.74 Å². The van der Waals surface area contributed by atoms with Crippen molar-refractivity contribution in [3.63, 3.8) is 0 Å². The smallest absolute Gasteiger partial charge is 0.250 e. The molecular weight excluding hydrogens is 390 g/mol. The number of hydrazone groups is 1. The van der Waals surface area contributed by atoms with Gasteiger partial charge in [0.15, 0.2) is 0 Å². The third kappa shape index (κ3) is 5.69. The van der Waals surface area contributed by atoms with E-state index in [4.69, 9.17) is 4.74 Å². The van der Waals surface area contributed by atoms with Crippen LogP contribution < -0.4 is 20.4 Å². The molecule has 4 rings (SSSR count). The van der Waals surface area contributed by atoms with Crippen LogP contribution in [0.3, 0.4) is 0 Å². The topological polar surface area (TPSA) is 87.6 Å². The molecule has 1 fully saturated rings. The number of nitrogens with zero attached hydrogens (tertiary/aromatic N) is 5. The zero-order valence-corrected chi connectivity index (χ0v) is 17.7. The number of hydrogen-bond acceptors (Lipinski definition) is 8. The fraction of sp³-hybridized carbons (Fsp3) is 0.304. The highest BCUT2D eigenvalue weighted by Gasteiger charge is 2.16. The van der Waals surface area contributed by atoms with Crippen molar-refractivity contribution in [2.45, 2.75) is 26.2 Å². The normalized spacial score (nSPS) is 13.9. The van der Waals surface area contributed by atoms with Crippen molar-refractivity contribution in [3.05, 3.63) is 60.2 Å². The van der Waals surface area contributed by atoms with Crippen LogP contribution in [0.1, 0.15) is 31.7 Å². The van der Waals surface area contributed by atoms with Gasteiger partial charge in [0.25, 0.3) is 0 Å². The van der Waals surface area contributed by atoms with Crippen molar-refractivity contribution in [2.75, 3.05) is 35.3 Å². The molecule has 0 aliphatic carbocycles. The van der Waals surface area contributed by atoms with Crippen LogP contribution in [0.4, 0.5) is 23.5 Å². The molecule has 3 aromatic rings. The van der Waals surface area contributed by atoms with Gasteiger partial charge in [-0.2, -0.15) is 20.1 Å². The van der Waals surface area contributed by atoms with Crippen LogP contribution >= 0.6 is 0 Å². The maximum Gasteiger partial charge on any atom is 0.250 e. The van der Waals surface area contributed by atoms with Crippen molar-refractivity contribution in [2.24, 2.45) is 5.10 Å². The lowest BCUT2D eigenvalue weighted by Crippen LogP contribution is -2.31. The molecule has 31 heavy (non-hydrogen) atoms. The molecule has 0 unspecified atom stereocenters. The summed E-state index contributed by atoms with van der Waals surface area (Å²) in [6, 6.07) is 17.6. The van der Waals surface area contributed by atoms with Gasteiger partial charge in [0, 0.05) is 24.3 Å². The third-order valence-electron chi connectivity index (χ3n) is 4.88. The zero-order valence-electron chi connectivity index (χ0n) is 17.7. The summed E-state index contributed by atoms with van der Waals surface area (Å²) in [6.45, 7) is 4.44. The summed E-state index contributed by atoms with van der Waals surface area (Å²) in [5.74, 6) is 2.31. The van der Waals surface area contributed by atoms with Gasteiger partial charge in [0.2, 0.25) is 17.8 Å². The SMILES string of the molecule is CCOc1ccccc1C=NNc1nc(Nc2ccccc2)nc(N2CCCCC2)n1. The molecule has 8 nitrogen and oxygen atoms in total. The molecule has 2 aromatic carbocycles. The molecule has 0 spiro atoms. The second-order valence-corrected chi connectivity index (χ2v) is 7.16. The molecule has 1 aliphatic rings. The minimum atomic E-state index is 0.388. The Kier molecular flexibility index (Phi) is 6.89. The van der Waals surface area contributed by atoms with Gasteiger partial charge in [-0.25, -0.2) is 5.43 Å².